The molecule has 3 nitrogen and oxygen atoms in total. The third-order valence-electron chi connectivity index (χ3n) is 6.79. The monoisotopic (exact) mass is 406 g/mol. The van der Waals surface area contributed by atoms with E-state index in [0.717, 1.165) is 30.4 Å². The Hall–Kier alpha value is -2.55. The quantitative estimate of drug-likeness (QED) is 0.358. The number of rotatable bonds is 7. The first kappa shape index (κ1) is 22.1. The Balaban J connectivity index is 1.86. The van der Waals surface area contributed by atoms with Gasteiger partial charge in [-0.25, -0.2) is 4.79 Å². The Morgan fingerprint density at radius 3 is 2.20 bits per heavy atom. The molecule has 0 heterocycles. The number of hydrogen-bond acceptors (Lipinski definition) is 3. The van der Waals surface area contributed by atoms with Crippen LogP contribution in [0.3, 0.4) is 0 Å². The fraction of sp³-hybridized carbons (Fsp3) is 0.444. The highest BCUT2D eigenvalue weighted by atomic mass is 16.7. The zero-order chi connectivity index (χ0) is 21.6. The Morgan fingerprint density at radius 2 is 1.70 bits per heavy atom. The molecule has 0 spiro atoms. The van der Waals surface area contributed by atoms with Gasteiger partial charge in [0, 0.05) is 17.5 Å². The molecule has 0 bridgehead atoms. The van der Waals surface area contributed by atoms with E-state index >= 15 is 0 Å². The fourth-order valence-corrected chi connectivity index (χ4v) is 4.57. The average molecular weight is 407 g/mol. The molecule has 0 N–H and O–H groups in total. The molecule has 0 radical (unpaired) electrons. The molecule has 160 valence electrons. The Morgan fingerprint density at radius 1 is 1.13 bits per heavy atom. The molecule has 0 saturated heterocycles. The highest BCUT2D eigenvalue weighted by Crippen LogP contribution is 2.43. The van der Waals surface area contributed by atoms with Crippen LogP contribution in [0.5, 0.6) is 0 Å². The standard InChI is InChI=1S/C27H34O3/c1-5-18-27(22-13-8-6-9-14-22,23-15-10-7-11-16-23)30-25(28)29-24-17-12-19-26(4,20-24)21(2)3/h5-11,13-16,21,24H,1,12,17-20H2,2-4H3. The molecule has 0 amide bonds. The van der Waals surface area contributed by atoms with Gasteiger partial charge in [-0.05, 0) is 37.0 Å². The maximum Gasteiger partial charge on any atom is 0.509 e. The van der Waals surface area contributed by atoms with Crippen LogP contribution in [0.4, 0.5) is 4.79 Å². The summed E-state index contributed by atoms with van der Waals surface area (Å²) in [6.45, 7) is 10.7. The SMILES string of the molecule is C=CCC(OC(=O)OC1CCCC(C)(C(C)C)C1)(c1ccccc1)c1ccccc1. The molecule has 1 aliphatic carbocycles. The van der Waals surface area contributed by atoms with Crippen molar-refractivity contribution in [2.45, 2.75) is 64.6 Å². The molecule has 1 fully saturated rings. The predicted octanol–water partition coefficient (Wildman–Crippen LogP) is 7.26. The lowest BCUT2D eigenvalue weighted by Crippen LogP contribution is -2.38. The first-order chi connectivity index (χ1) is 14.4. The number of ether oxygens (including phenoxy) is 2. The Labute approximate surface area is 181 Å². The maximum absolute atomic E-state index is 13.1. The predicted molar refractivity (Wildman–Crippen MR) is 121 cm³/mol. The Bertz CT molecular complexity index is 788. The van der Waals surface area contributed by atoms with Crippen LogP contribution in [0.1, 0.15) is 64.0 Å². The van der Waals surface area contributed by atoms with Crippen molar-refractivity contribution >= 4 is 6.16 Å². The van der Waals surface area contributed by atoms with E-state index in [1.807, 2.05) is 60.7 Å². The Kier molecular flexibility index (Phi) is 7.02. The number of benzene rings is 2. The minimum absolute atomic E-state index is 0.105. The summed E-state index contributed by atoms with van der Waals surface area (Å²) < 4.78 is 12.0. The molecule has 1 aliphatic rings. The molecule has 30 heavy (non-hydrogen) atoms. The highest BCUT2D eigenvalue weighted by Gasteiger charge is 2.40. The molecule has 2 atom stereocenters. The van der Waals surface area contributed by atoms with Gasteiger partial charge in [0.2, 0.25) is 0 Å². The lowest BCUT2D eigenvalue weighted by atomic mass is 9.67. The smallest absolute Gasteiger partial charge is 0.431 e. The van der Waals surface area contributed by atoms with Crippen LogP contribution in [0.15, 0.2) is 73.3 Å². The van der Waals surface area contributed by atoms with Crippen LogP contribution < -0.4 is 0 Å². The van der Waals surface area contributed by atoms with Crippen molar-refractivity contribution in [2.24, 2.45) is 11.3 Å². The summed E-state index contributed by atoms with van der Waals surface area (Å²) in [5.74, 6) is 0.549. The van der Waals surface area contributed by atoms with Crippen LogP contribution in [-0.4, -0.2) is 12.3 Å². The average Bonchev–Trinajstić information content (AvgIpc) is 2.74. The van der Waals surface area contributed by atoms with Gasteiger partial charge in [0.1, 0.15) is 6.10 Å². The minimum Gasteiger partial charge on any atom is -0.431 e. The number of carbonyl (C=O) groups is 1. The van der Waals surface area contributed by atoms with Gasteiger partial charge in [-0.15, -0.1) is 6.58 Å². The second-order valence-electron chi connectivity index (χ2n) is 9.05. The van der Waals surface area contributed by atoms with Crippen molar-refractivity contribution in [3.8, 4) is 0 Å². The van der Waals surface area contributed by atoms with Gasteiger partial charge in [-0.1, -0.05) is 87.5 Å². The number of carbonyl (C=O) groups excluding carboxylic acids is 1. The van der Waals surface area contributed by atoms with Gasteiger partial charge in [-0.3, -0.25) is 0 Å². The molecule has 3 rings (SSSR count). The molecule has 3 heteroatoms. The third kappa shape index (κ3) is 4.77. The van der Waals surface area contributed by atoms with Crippen molar-refractivity contribution in [3.05, 3.63) is 84.4 Å². The molecule has 2 unspecified atom stereocenters. The van der Waals surface area contributed by atoms with Crippen LogP contribution >= 0.6 is 0 Å². The largest absolute Gasteiger partial charge is 0.509 e. The summed E-state index contributed by atoms with van der Waals surface area (Å²) in [6.07, 6.45) is 5.56. The van der Waals surface area contributed by atoms with Crippen LogP contribution in [0.2, 0.25) is 0 Å². The van der Waals surface area contributed by atoms with Crippen molar-refractivity contribution in [2.75, 3.05) is 0 Å². The molecular formula is C27H34O3. The van der Waals surface area contributed by atoms with E-state index in [4.69, 9.17) is 9.47 Å². The maximum atomic E-state index is 13.1. The lowest BCUT2D eigenvalue weighted by molar-refractivity contribution is -0.0573. The molecule has 1 saturated carbocycles. The second-order valence-corrected chi connectivity index (χ2v) is 9.05. The van der Waals surface area contributed by atoms with Gasteiger partial charge in [-0.2, -0.15) is 0 Å². The molecule has 2 aromatic carbocycles. The minimum atomic E-state index is -0.961. The van der Waals surface area contributed by atoms with E-state index in [-0.39, 0.29) is 11.5 Å². The van der Waals surface area contributed by atoms with Gasteiger partial charge in [0.25, 0.3) is 0 Å². The summed E-state index contributed by atoms with van der Waals surface area (Å²) in [7, 11) is 0. The first-order valence-corrected chi connectivity index (χ1v) is 11.0. The van der Waals surface area contributed by atoms with Crippen LogP contribution in [0.25, 0.3) is 0 Å². The van der Waals surface area contributed by atoms with E-state index < -0.39 is 11.8 Å². The van der Waals surface area contributed by atoms with Gasteiger partial charge >= 0.3 is 6.16 Å². The van der Waals surface area contributed by atoms with E-state index in [1.165, 1.54) is 6.42 Å². The summed E-state index contributed by atoms with van der Waals surface area (Å²) >= 11 is 0. The topological polar surface area (TPSA) is 35.5 Å². The fourth-order valence-electron chi connectivity index (χ4n) is 4.57. The van der Waals surface area contributed by atoms with Crippen molar-refractivity contribution in [1.29, 1.82) is 0 Å². The van der Waals surface area contributed by atoms with Gasteiger partial charge < -0.3 is 9.47 Å². The van der Waals surface area contributed by atoms with Crippen molar-refractivity contribution in [3.63, 3.8) is 0 Å². The molecule has 2 aromatic rings. The van der Waals surface area contributed by atoms with E-state index in [0.29, 0.717) is 12.3 Å². The highest BCUT2D eigenvalue weighted by molar-refractivity contribution is 5.62. The zero-order valence-corrected chi connectivity index (χ0v) is 18.5. The van der Waals surface area contributed by atoms with E-state index in [9.17, 15) is 4.79 Å². The molecule has 0 aromatic heterocycles. The molecular weight excluding hydrogens is 372 g/mol. The lowest BCUT2D eigenvalue weighted by Gasteiger charge is -2.41. The zero-order valence-electron chi connectivity index (χ0n) is 18.5. The summed E-state index contributed by atoms with van der Waals surface area (Å²) in [5, 5.41) is 0. The van der Waals surface area contributed by atoms with Crippen LogP contribution in [0, 0.1) is 11.3 Å². The summed E-state index contributed by atoms with van der Waals surface area (Å²) in [5.41, 5.74) is 1.05. The van der Waals surface area contributed by atoms with Crippen LogP contribution in [-0.2, 0) is 15.1 Å². The van der Waals surface area contributed by atoms with Crippen molar-refractivity contribution in [1.82, 2.24) is 0 Å². The normalized spacial score (nSPS) is 21.8. The van der Waals surface area contributed by atoms with Gasteiger partial charge in [0.15, 0.2) is 5.60 Å². The molecule has 0 aliphatic heterocycles. The first-order valence-electron chi connectivity index (χ1n) is 11.0. The van der Waals surface area contributed by atoms with E-state index in [1.54, 1.807) is 6.08 Å². The summed E-state index contributed by atoms with van der Waals surface area (Å²) in [6, 6.07) is 19.7. The third-order valence-corrected chi connectivity index (χ3v) is 6.79. The van der Waals surface area contributed by atoms with E-state index in [2.05, 4.69) is 27.4 Å². The number of hydrogen-bond donors (Lipinski definition) is 0. The second kappa shape index (κ2) is 9.51. The van der Waals surface area contributed by atoms with Gasteiger partial charge in [0.05, 0.1) is 0 Å². The summed E-state index contributed by atoms with van der Waals surface area (Å²) in [4.78, 5) is 13.1. The van der Waals surface area contributed by atoms with Crippen molar-refractivity contribution < 1.29 is 14.3 Å².